The van der Waals surface area contributed by atoms with Crippen molar-refractivity contribution in [2.75, 3.05) is 0 Å². The molecule has 0 aliphatic carbocycles. The fraction of sp³-hybridized carbons (Fsp3) is 0.357. The summed E-state index contributed by atoms with van der Waals surface area (Å²) in [4.78, 5) is 12.8. The van der Waals surface area contributed by atoms with E-state index in [1.54, 1.807) is 0 Å². The average molecular weight is 427 g/mol. The van der Waals surface area contributed by atoms with E-state index in [1.807, 2.05) is 12.4 Å². The molecule has 0 aliphatic heterocycles. The molecule has 4 rings (SSSR count). The van der Waals surface area contributed by atoms with Crippen LogP contribution in [0.1, 0.15) is 63.2 Å². The van der Waals surface area contributed by atoms with Crippen LogP contribution in [-0.4, -0.2) is 19.5 Å². The molecule has 1 N–H and O–H groups in total. The van der Waals surface area contributed by atoms with Crippen LogP contribution in [0, 0.1) is 5.41 Å². The second-order valence-electron chi connectivity index (χ2n) is 9.66. The molecule has 2 heterocycles. The van der Waals surface area contributed by atoms with E-state index in [0.717, 1.165) is 43.7 Å². The van der Waals surface area contributed by atoms with Crippen molar-refractivity contribution in [2.45, 2.75) is 58.9 Å². The zero-order valence-electron chi connectivity index (χ0n) is 19.5. The Hall–Kier alpha value is -3.14. The molecule has 1 unspecified atom stereocenters. The Morgan fingerprint density at radius 2 is 1.66 bits per heavy atom. The van der Waals surface area contributed by atoms with E-state index in [1.165, 1.54) is 17.0 Å². The zero-order chi connectivity index (χ0) is 22.4. The SMILES string of the molecule is CC(C)(C)C(CCCCc1ncc[nH]1)c1nc(-c2ccccc2)cn1Cc1ccccc1. The number of rotatable bonds is 9. The summed E-state index contributed by atoms with van der Waals surface area (Å²) in [7, 11) is 0. The summed E-state index contributed by atoms with van der Waals surface area (Å²) in [6.07, 6.45) is 10.4. The maximum Gasteiger partial charge on any atom is 0.113 e. The number of nitrogens with one attached hydrogen (secondary N) is 1. The lowest BCUT2D eigenvalue weighted by molar-refractivity contribution is 0.281. The van der Waals surface area contributed by atoms with E-state index in [2.05, 4.69) is 102 Å². The zero-order valence-corrected chi connectivity index (χ0v) is 19.5. The topological polar surface area (TPSA) is 46.5 Å². The lowest BCUT2D eigenvalue weighted by Gasteiger charge is -2.31. The molecule has 4 nitrogen and oxygen atoms in total. The molecule has 0 radical (unpaired) electrons. The van der Waals surface area contributed by atoms with Crippen molar-refractivity contribution in [3.05, 3.63) is 96.5 Å². The van der Waals surface area contributed by atoms with Crippen molar-refractivity contribution >= 4 is 0 Å². The van der Waals surface area contributed by atoms with Crippen LogP contribution in [0.5, 0.6) is 0 Å². The Morgan fingerprint density at radius 1 is 0.938 bits per heavy atom. The van der Waals surface area contributed by atoms with Crippen molar-refractivity contribution in [1.29, 1.82) is 0 Å². The van der Waals surface area contributed by atoms with Crippen molar-refractivity contribution < 1.29 is 0 Å². The van der Waals surface area contributed by atoms with E-state index in [4.69, 9.17) is 4.98 Å². The Morgan fingerprint density at radius 3 is 2.31 bits per heavy atom. The molecule has 2 aromatic carbocycles. The highest BCUT2D eigenvalue weighted by atomic mass is 15.1. The first-order valence-electron chi connectivity index (χ1n) is 11.7. The Bertz CT molecular complexity index is 1070. The summed E-state index contributed by atoms with van der Waals surface area (Å²) in [5, 5.41) is 0. The molecule has 0 spiro atoms. The first kappa shape index (κ1) is 22.1. The highest BCUT2D eigenvalue weighted by molar-refractivity contribution is 5.58. The van der Waals surface area contributed by atoms with Crippen molar-refractivity contribution in [2.24, 2.45) is 5.41 Å². The number of benzene rings is 2. The molecule has 2 aromatic heterocycles. The molecule has 0 saturated heterocycles. The lowest BCUT2D eigenvalue weighted by Crippen LogP contribution is -2.22. The predicted octanol–water partition coefficient (Wildman–Crippen LogP) is 6.86. The minimum atomic E-state index is 0.123. The minimum absolute atomic E-state index is 0.123. The average Bonchev–Trinajstić information content (AvgIpc) is 3.45. The Labute approximate surface area is 191 Å². The highest BCUT2D eigenvalue weighted by Gasteiger charge is 2.30. The van der Waals surface area contributed by atoms with E-state index < -0.39 is 0 Å². The van der Waals surface area contributed by atoms with Gasteiger partial charge in [0.25, 0.3) is 0 Å². The standard InChI is InChI=1S/C28H34N4/c1-28(2,3)24(16-10-11-17-26-29-18-19-30-26)27-31-25(23-14-8-5-9-15-23)21-32(27)20-22-12-6-4-7-13-22/h4-9,12-15,18-19,21,24H,10-11,16-17,20H2,1-3H3,(H,29,30). The third kappa shape index (κ3) is 5.56. The van der Waals surface area contributed by atoms with Gasteiger partial charge >= 0.3 is 0 Å². The molecular formula is C28H34N4. The van der Waals surface area contributed by atoms with E-state index in [9.17, 15) is 0 Å². The van der Waals surface area contributed by atoms with Gasteiger partial charge in [-0.15, -0.1) is 0 Å². The Balaban J connectivity index is 1.61. The van der Waals surface area contributed by atoms with E-state index >= 15 is 0 Å². The molecule has 4 heteroatoms. The van der Waals surface area contributed by atoms with Gasteiger partial charge in [-0.1, -0.05) is 87.9 Å². The van der Waals surface area contributed by atoms with Crippen molar-refractivity contribution in [3.63, 3.8) is 0 Å². The van der Waals surface area contributed by atoms with Gasteiger partial charge in [0.2, 0.25) is 0 Å². The molecule has 4 aromatic rings. The number of aryl methyl sites for hydroxylation is 1. The van der Waals surface area contributed by atoms with Crippen molar-refractivity contribution in [1.82, 2.24) is 19.5 Å². The van der Waals surface area contributed by atoms with Crippen LogP contribution in [0.25, 0.3) is 11.3 Å². The number of H-pyrrole nitrogens is 1. The third-order valence-corrected chi connectivity index (χ3v) is 6.14. The lowest BCUT2D eigenvalue weighted by atomic mass is 9.77. The van der Waals surface area contributed by atoms with Crippen LogP contribution < -0.4 is 0 Å². The first-order valence-corrected chi connectivity index (χ1v) is 11.7. The largest absolute Gasteiger partial charge is 0.349 e. The monoisotopic (exact) mass is 426 g/mol. The van der Waals surface area contributed by atoms with Crippen molar-refractivity contribution in [3.8, 4) is 11.3 Å². The molecular weight excluding hydrogens is 392 g/mol. The van der Waals surface area contributed by atoms with Gasteiger partial charge in [-0.3, -0.25) is 0 Å². The predicted molar refractivity (Wildman–Crippen MR) is 132 cm³/mol. The maximum absolute atomic E-state index is 5.22. The third-order valence-electron chi connectivity index (χ3n) is 6.14. The van der Waals surface area contributed by atoms with Gasteiger partial charge in [0.05, 0.1) is 5.69 Å². The maximum atomic E-state index is 5.22. The number of hydrogen-bond donors (Lipinski definition) is 1. The molecule has 0 amide bonds. The molecule has 0 aliphatic rings. The van der Waals surface area contributed by atoms with Crippen LogP contribution in [0.4, 0.5) is 0 Å². The summed E-state index contributed by atoms with van der Waals surface area (Å²) in [5.74, 6) is 2.65. The minimum Gasteiger partial charge on any atom is -0.349 e. The summed E-state index contributed by atoms with van der Waals surface area (Å²) >= 11 is 0. The quantitative estimate of drug-likeness (QED) is 0.297. The number of imidazole rings is 2. The molecule has 0 bridgehead atoms. The summed E-state index contributed by atoms with van der Waals surface area (Å²) in [6, 6.07) is 21.2. The van der Waals surface area contributed by atoms with Gasteiger partial charge in [0, 0.05) is 43.0 Å². The molecule has 1 atom stereocenters. The Kier molecular flexibility index (Phi) is 6.89. The number of aromatic nitrogens is 4. The van der Waals surface area contributed by atoms with Crippen LogP contribution in [0.15, 0.2) is 79.3 Å². The van der Waals surface area contributed by atoms with Gasteiger partial charge in [0.15, 0.2) is 0 Å². The highest BCUT2D eigenvalue weighted by Crippen LogP contribution is 2.39. The van der Waals surface area contributed by atoms with Gasteiger partial charge in [-0.25, -0.2) is 9.97 Å². The fourth-order valence-electron chi connectivity index (χ4n) is 4.39. The van der Waals surface area contributed by atoms with Crippen LogP contribution >= 0.6 is 0 Å². The number of hydrogen-bond acceptors (Lipinski definition) is 2. The van der Waals surface area contributed by atoms with Crippen LogP contribution in [0.2, 0.25) is 0 Å². The smallest absolute Gasteiger partial charge is 0.113 e. The first-order chi connectivity index (χ1) is 15.5. The molecule has 0 saturated carbocycles. The summed E-state index contributed by atoms with van der Waals surface area (Å²) in [5.41, 5.74) is 3.65. The number of nitrogens with zero attached hydrogens (tertiary/aromatic N) is 3. The van der Waals surface area contributed by atoms with Gasteiger partial charge in [-0.2, -0.15) is 0 Å². The van der Waals surface area contributed by atoms with Crippen LogP contribution in [0.3, 0.4) is 0 Å². The number of unbranched alkanes of at least 4 members (excludes halogenated alkanes) is 1. The van der Waals surface area contributed by atoms with Gasteiger partial charge in [0.1, 0.15) is 11.6 Å². The summed E-state index contributed by atoms with van der Waals surface area (Å²) in [6.45, 7) is 7.87. The molecule has 0 fully saturated rings. The van der Waals surface area contributed by atoms with E-state index in [-0.39, 0.29) is 5.41 Å². The van der Waals surface area contributed by atoms with E-state index in [0.29, 0.717) is 5.92 Å². The van der Waals surface area contributed by atoms with Crippen LogP contribution in [-0.2, 0) is 13.0 Å². The number of aromatic amines is 1. The molecule has 32 heavy (non-hydrogen) atoms. The van der Waals surface area contributed by atoms with Gasteiger partial charge < -0.3 is 9.55 Å². The molecule has 166 valence electrons. The normalized spacial score (nSPS) is 12.7. The second-order valence-corrected chi connectivity index (χ2v) is 9.66. The second kappa shape index (κ2) is 9.99. The van der Waals surface area contributed by atoms with Gasteiger partial charge in [-0.05, 0) is 23.8 Å². The summed E-state index contributed by atoms with van der Waals surface area (Å²) < 4.78 is 2.38. The fourth-order valence-corrected chi connectivity index (χ4v) is 4.39.